The topological polar surface area (TPSA) is 72.0 Å². The monoisotopic (exact) mass is 273 g/mol. The van der Waals surface area contributed by atoms with Gasteiger partial charge in [-0.25, -0.2) is 0 Å². The van der Waals surface area contributed by atoms with Gasteiger partial charge in [0.2, 0.25) is 17.2 Å². The van der Waals surface area contributed by atoms with Gasteiger partial charge >= 0.3 is 0 Å². The largest absolute Gasteiger partial charge is 0.382 e. The maximum Gasteiger partial charge on any atom is 0.228 e. The molecule has 0 aliphatic rings. The van der Waals surface area contributed by atoms with Crippen molar-refractivity contribution in [3.05, 3.63) is 5.28 Å². The number of hydrogen-bond donors (Lipinski definition) is 2. The maximum absolute atomic E-state index is 5.82. The zero-order valence-electron chi connectivity index (χ0n) is 10.9. The number of nitrogens with one attached hydrogen (secondary N) is 2. The van der Waals surface area contributed by atoms with E-state index in [0.29, 0.717) is 11.9 Å². The summed E-state index contributed by atoms with van der Waals surface area (Å²) in [6, 6.07) is 0. The zero-order chi connectivity index (χ0) is 13.2. The quantitative estimate of drug-likeness (QED) is 0.672. The molecule has 0 atom stereocenters. The lowest BCUT2D eigenvalue weighted by Crippen LogP contribution is -2.11. The lowest BCUT2D eigenvalue weighted by Gasteiger charge is -2.07. The molecular weight excluding hydrogens is 254 g/mol. The van der Waals surface area contributed by atoms with Gasteiger partial charge in [-0.2, -0.15) is 15.0 Å². The van der Waals surface area contributed by atoms with E-state index < -0.39 is 0 Å². The van der Waals surface area contributed by atoms with Crippen molar-refractivity contribution in [2.24, 2.45) is 0 Å². The van der Waals surface area contributed by atoms with Crippen molar-refractivity contribution in [2.45, 2.75) is 26.7 Å². The zero-order valence-corrected chi connectivity index (χ0v) is 11.6. The van der Waals surface area contributed by atoms with E-state index in [-0.39, 0.29) is 5.28 Å². The number of ether oxygens (including phenoxy) is 1. The van der Waals surface area contributed by atoms with Crippen LogP contribution in [0.3, 0.4) is 0 Å². The van der Waals surface area contributed by atoms with Crippen LogP contribution < -0.4 is 10.6 Å². The number of nitrogens with zero attached hydrogens (tertiary/aromatic N) is 3. The van der Waals surface area contributed by atoms with Crippen LogP contribution >= 0.6 is 11.6 Å². The molecule has 0 radical (unpaired) electrons. The molecular formula is C11H20ClN5O. The fourth-order valence-corrected chi connectivity index (χ4v) is 1.42. The summed E-state index contributed by atoms with van der Waals surface area (Å²) >= 11 is 5.82. The minimum absolute atomic E-state index is 0.191. The smallest absolute Gasteiger partial charge is 0.228 e. The number of rotatable bonds is 9. The summed E-state index contributed by atoms with van der Waals surface area (Å²) in [7, 11) is 0. The van der Waals surface area contributed by atoms with Crippen molar-refractivity contribution in [3.63, 3.8) is 0 Å². The summed E-state index contributed by atoms with van der Waals surface area (Å²) < 4.78 is 5.24. The third kappa shape index (κ3) is 5.97. The summed E-state index contributed by atoms with van der Waals surface area (Å²) in [6.07, 6.45) is 1.90. The van der Waals surface area contributed by atoms with Crippen LogP contribution in [0.1, 0.15) is 26.7 Å². The first-order chi connectivity index (χ1) is 8.76. The van der Waals surface area contributed by atoms with Crippen molar-refractivity contribution in [1.29, 1.82) is 0 Å². The summed E-state index contributed by atoms with van der Waals surface area (Å²) in [4.78, 5) is 12.2. The maximum atomic E-state index is 5.82. The van der Waals surface area contributed by atoms with Crippen LogP contribution in [-0.4, -0.2) is 41.3 Å². The summed E-state index contributed by atoms with van der Waals surface area (Å²) in [5, 5.41) is 6.36. The van der Waals surface area contributed by atoms with Gasteiger partial charge in [-0.1, -0.05) is 6.92 Å². The second kappa shape index (κ2) is 8.88. The second-order valence-corrected chi connectivity index (χ2v) is 3.99. The Morgan fingerprint density at radius 1 is 1.06 bits per heavy atom. The molecule has 18 heavy (non-hydrogen) atoms. The highest BCUT2D eigenvalue weighted by Gasteiger charge is 2.03. The highest BCUT2D eigenvalue weighted by atomic mass is 35.5. The van der Waals surface area contributed by atoms with Gasteiger partial charge in [0.1, 0.15) is 0 Å². The van der Waals surface area contributed by atoms with Crippen molar-refractivity contribution < 1.29 is 4.74 Å². The van der Waals surface area contributed by atoms with Gasteiger partial charge in [-0.3, -0.25) is 0 Å². The molecule has 0 saturated carbocycles. The van der Waals surface area contributed by atoms with Crippen LogP contribution in [0.2, 0.25) is 5.28 Å². The minimum Gasteiger partial charge on any atom is -0.382 e. The third-order valence-corrected chi connectivity index (χ3v) is 2.26. The first kappa shape index (κ1) is 14.9. The van der Waals surface area contributed by atoms with E-state index >= 15 is 0 Å². The van der Waals surface area contributed by atoms with E-state index in [2.05, 4.69) is 32.5 Å². The van der Waals surface area contributed by atoms with Crippen molar-refractivity contribution in [1.82, 2.24) is 15.0 Å². The van der Waals surface area contributed by atoms with Gasteiger partial charge in [-0.15, -0.1) is 0 Å². The van der Waals surface area contributed by atoms with Crippen LogP contribution in [-0.2, 0) is 4.74 Å². The summed E-state index contributed by atoms with van der Waals surface area (Å²) in [6.45, 7) is 7.07. The molecule has 0 aliphatic heterocycles. The Bertz CT molecular complexity index is 350. The molecule has 0 aliphatic carbocycles. The average Bonchev–Trinajstić information content (AvgIpc) is 2.35. The van der Waals surface area contributed by atoms with Crippen LogP contribution in [0.15, 0.2) is 0 Å². The number of halogens is 1. The number of hydrogen-bond acceptors (Lipinski definition) is 6. The van der Waals surface area contributed by atoms with Gasteiger partial charge < -0.3 is 15.4 Å². The molecule has 0 bridgehead atoms. The summed E-state index contributed by atoms with van der Waals surface area (Å²) in [5.74, 6) is 0.995. The predicted octanol–water partition coefficient (Wildman–Crippen LogP) is 2.19. The van der Waals surface area contributed by atoms with Gasteiger partial charge in [0.25, 0.3) is 0 Å². The van der Waals surface area contributed by atoms with Gasteiger partial charge in [0.05, 0.1) is 0 Å². The Balaban J connectivity index is 2.41. The Labute approximate surface area is 113 Å². The lowest BCUT2D eigenvalue weighted by molar-refractivity contribution is 0.147. The molecule has 0 unspecified atom stereocenters. The van der Waals surface area contributed by atoms with Crippen molar-refractivity contribution >= 4 is 23.5 Å². The molecule has 1 aromatic heterocycles. The van der Waals surface area contributed by atoms with E-state index in [1.807, 2.05) is 6.92 Å². The van der Waals surface area contributed by atoms with Crippen LogP contribution in [0.4, 0.5) is 11.9 Å². The molecule has 1 aromatic rings. The number of aromatic nitrogens is 3. The third-order valence-electron chi connectivity index (χ3n) is 2.09. The van der Waals surface area contributed by atoms with Crippen LogP contribution in [0.5, 0.6) is 0 Å². The molecule has 1 rings (SSSR count). The molecule has 0 aromatic carbocycles. The highest BCUT2D eigenvalue weighted by Crippen LogP contribution is 2.09. The normalized spacial score (nSPS) is 10.4. The fraction of sp³-hybridized carbons (Fsp3) is 0.727. The van der Waals surface area contributed by atoms with E-state index in [4.69, 9.17) is 16.3 Å². The van der Waals surface area contributed by atoms with Gasteiger partial charge in [0.15, 0.2) is 0 Å². The standard InChI is InChI=1S/C11H20ClN5O/c1-3-6-13-10-15-9(12)16-11(17-10)14-7-5-8-18-4-2/h3-8H2,1-2H3,(H2,13,14,15,16,17). The molecule has 102 valence electrons. The average molecular weight is 274 g/mol. The molecule has 0 amide bonds. The molecule has 0 spiro atoms. The Hall–Kier alpha value is -1.14. The van der Waals surface area contributed by atoms with Gasteiger partial charge in [-0.05, 0) is 31.4 Å². The first-order valence-corrected chi connectivity index (χ1v) is 6.61. The molecule has 0 saturated heterocycles. The van der Waals surface area contributed by atoms with Crippen LogP contribution in [0, 0.1) is 0 Å². The Morgan fingerprint density at radius 2 is 1.72 bits per heavy atom. The molecule has 0 fully saturated rings. The van der Waals surface area contributed by atoms with E-state index in [1.165, 1.54) is 0 Å². The molecule has 2 N–H and O–H groups in total. The van der Waals surface area contributed by atoms with E-state index in [9.17, 15) is 0 Å². The lowest BCUT2D eigenvalue weighted by atomic mass is 10.4. The second-order valence-electron chi connectivity index (χ2n) is 3.66. The SMILES string of the molecule is CCCNc1nc(Cl)nc(NCCCOCC)n1. The Morgan fingerprint density at radius 3 is 2.33 bits per heavy atom. The Kier molecular flexibility index (Phi) is 7.36. The van der Waals surface area contributed by atoms with E-state index in [0.717, 1.165) is 39.1 Å². The van der Waals surface area contributed by atoms with Crippen molar-refractivity contribution in [3.8, 4) is 0 Å². The molecule has 1 heterocycles. The first-order valence-electron chi connectivity index (χ1n) is 6.23. The van der Waals surface area contributed by atoms with Crippen LogP contribution in [0.25, 0.3) is 0 Å². The van der Waals surface area contributed by atoms with Crippen molar-refractivity contribution in [2.75, 3.05) is 36.9 Å². The fourth-order valence-electron chi connectivity index (χ4n) is 1.26. The molecule has 6 nitrogen and oxygen atoms in total. The number of anilines is 2. The van der Waals surface area contributed by atoms with E-state index in [1.54, 1.807) is 0 Å². The highest BCUT2D eigenvalue weighted by molar-refractivity contribution is 6.28. The summed E-state index contributed by atoms with van der Waals surface area (Å²) in [5.41, 5.74) is 0. The minimum atomic E-state index is 0.191. The van der Waals surface area contributed by atoms with Gasteiger partial charge in [0, 0.05) is 26.3 Å². The predicted molar refractivity (Wildman–Crippen MR) is 73.2 cm³/mol. The molecule has 7 heteroatoms.